The molecule has 18 heavy (non-hydrogen) atoms. The molecule has 2 aromatic rings. The average Bonchev–Trinajstić information content (AvgIpc) is 2.72. The van der Waals surface area contributed by atoms with Gasteiger partial charge in [0, 0.05) is 21.0 Å². The fraction of sp³-hybridized carbons (Fsp3) is 0.154. The minimum Gasteiger partial charge on any atom is -0.488 e. The minimum atomic E-state index is -0.908. The summed E-state index contributed by atoms with van der Waals surface area (Å²) in [4.78, 5) is 12.3. The van der Waals surface area contributed by atoms with Gasteiger partial charge in [-0.25, -0.2) is 4.79 Å². The van der Waals surface area contributed by atoms with Crippen molar-refractivity contribution in [2.45, 2.75) is 13.5 Å². The Balaban J connectivity index is 2.24. The molecule has 3 rings (SSSR count). The number of aromatic carboxylic acids is 1. The lowest BCUT2D eigenvalue weighted by atomic mass is 10.0. The molecule has 0 saturated heterocycles. The van der Waals surface area contributed by atoms with Crippen molar-refractivity contribution < 1.29 is 14.6 Å². The topological polar surface area (TPSA) is 46.5 Å². The molecule has 2 heterocycles. The number of rotatable bonds is 1. The molecule has 1 aromatic carbocycles. The Morgan fingerprint density at radius 1 is 1.44 bits per heavy atom. The number of fused-ring (bicyclic) bond motifs is 3. The third kappa shape index (κ3) is 1.69. The van der Waals surface area contributed by atoms with Crippen LogP contribution in [0, 0.1) is 6.92 Å². The van der Waals surface area contributed by atoms with Crippen molar-refractivity contribution in [3.8, 4) is 16.2 Å². The molecule has 0 unspecified atom stereocenters. The standard InChI is InChI=1S/C13H9ClO3S/c1-6-2-8(14)4-9-11(6)17-5-7-3-10(13(15)16)18-12(7)9/h2-4H,5H2,1H3,(H,15,16). The number of hydrogen-bond donors (Lipinski definition) is 1. The van der Waals surface area contributed by atoms with Crippen LogP contribution in [0.5, 0.6) is 5.75 Å². The summed E-state index contributed by atoms with van der Waals surface area (Å²) < 4.78 is 5.68. The maximum Gasteiger partial charge on any atom is 0.345 e. The molecule has 0 saturated carbocycles. The number of carbonyl (C=O) groups is 1. The third-order valence-electron chi connectivity index (χ3n) is 2.88. The van der Waals surface area contributed by atoms with Gasteiger partial charge in [-0.15, -0.1) is 11.3 Å². The molecular weight excluding hydrogens is 272 g/mol. The highest BCUT2D eigenvalue weighted by Crippen LogP contribution is 2.45. The van der Waals surface area contributed by atoms with Crippen molar-refractivity contribution in [3.05, 3.63) is 39.2 Å². The van der Waals surface area contributed by atoms with E-state index in [2.05, 4.69) is 0 Å². The van der Waals surface area contributed by atoms with Crippen LogP contribution in [0.15, 0.2) is 18.2 Å². The number of hydrogen-bond acceptors (Lipinski definition) is 3. The maximum absolute atomic E-state index is 11.0. The molecule has 5 heteroatoms. The first-order valence-corrected chi connectivity index (χ1v) is 6.55. The number of thiophene rings is 1. The Morgan fingerprint density at radius 3 is 2.94 bits per heavy atom. The molecule has 0 radical (unpaired) electrons. The second kappa shape index (κ2) is 4.00. The summed E-state index contributed by atoms with van der Waals surface area (Å²) in [5.74, 6) is -0.111. The van der Waals surface area contributed by atoms with Crippen LogP contribution in [-0.4, -0.2) is 11.1 Å². The van der Waals surface area contributed by atoms with Crippen LogP contribution in [0.3, 0.4) is 0 Å². The number of carboxylic acids is 1. The average molecular weight is 281 g/mol. The van der Waals surface area contributed by atoms with Gasteiger partial charge in [-0.2, -0.15) is 0 Å². The van der Waals surface area contributed by atoms with E-state index in [9.17, 15) is 4.79 Å². The van der Waals surface area contributed by atoms with Gasteiger partial charge in [-0.1, -0.05) is 11.6 Å². The monoisotopic (exact) mass is 280 g/mol. The van der Waals surface area contributed by atoms with Crippen molar-refractivity contribution in [1.29, 1.82) is 0 Å². The second-order valence-electron chi connectivity index (χ2n) is 4.16. The van der Waals surface area contributed by atoms with E-state index < -0.39 is 5.97 Å². The molecule has 0 spiro atoms. The first-order valence-electron chi connectivity index (χ1n) is 5.35. The zero-order valence-electron chi connectivity index (χ0n) is 9.49. The van der Waals surface area contributed by atoms with Crippen molar-refractivity contribution in [3.63, 3.8) is 0 Å². The van der Waals surface area contributed by atoms with Crippen LogP contribution < -0.4 is 4.74 Å². The Kier molecular flexibility index (Phi) is 2.57. The second-order valence-corrected chi connectivity index (χ2v) is 5.65. The summed E-state index contributed by atoms with van der Waals surface area (Å²) in [6, 6.07) is 5.34. The molecule has 1 N–H and O–H groups in total. The van der Waals surface area contributed by atoms with Crippen LogP contribution in [0.1, 0.15) is 20.8 Å². The number of carboxylic acid groups (broad SMARTS) is 1. The third-order valence-corrected chi connectivity index (χ3v) is 4.29. The predicted molar refractivity (Wildman–Crippen MR) is 70.8 cm³/mol. The first-order chi connectivity index (χ1) is 8.56. The van der Waals surface area contributed by atoms with E-state index in [4.69, 9.17) is 21.4 Å². The van der Waals surface area contributed by atoms with Gasteiger partial charge in [-0.3, -0.25) is 0 Å². The fourth-order valence-corrected chi connectivity index (χ4v) is 3.40. The van der Waals surface area contributed by atoms with Crippen molar-refractivity contribution in [2.24, 2.45) is 0 Å². The highest BCUT2D eigenvalue weighted by atomic mass is 35.5. The van der Waals surface area contributed by atoms with Crippen LogP contribution in [0.25, 0.3) is 10.4 Å². The Bertz CT molecular complexity index is 660. The molecule has 92 valence electrons. The molecule has 0 aliphatic carbocycles. The van der Waals surface area contributed by atoms with E-state index in [1.54, 1.807) is 6.07 Å². The molecule has 1 aliphatic heterocycles. The van der Waals surface area contributed by atoms with Gasteiger partial charge in [0.25, 0.3) is 0 Å². The van der Waals surface area contributed by atoms with Crippen molar-refractivity contribution in [2.75, 3.05) is 0 Å². The zero-order chi connectivity index (χ0) is 12.9. The zero-order valence-corrected chi connectivity index (χ0v) is 11.1. The lowest BCUT2D eigenvalue weighted by Gasteiger charge is -2.19. The molecule has 3 nitrogen and oxygen atoms in total. The van der Waals surface area contributed by atoms with Gasteiger partial charge in [0.15, 0.2) is 0 Å². The molecular formula is C13H9ClO3S. The van der Waals surface area contributed by atoms with E-state index in [1.807, 2.05) is 19.1 Å². The van der Waals surface area contributed by atoms with Crippen molar-refractivity contribution in [1.82, 2.24) is 0 Å². The van der Waals surface area contributed by atoms with E-state index >= 15 is 0 Å². The van der Waals surface area contributed by atoms with Crippen LogP contribution in [0.2, 0.25) is 5.02 Å². The van der Waals surface area contributed by atoms with Crippen LogP contribution in [-0.2, 0) is 6.61 Å². The first kappa shape index (κ1) is 11.6. The number of benzene rings is 1. The molecule has 0 fully saturated rings. The molecule has 0 bridgehead atoms. The van der Waals surface area contributed by atoms with E-state index in [0.29, 0.717) is 16.5 Å². The summed E-state index contributed by atoms with van der Waals surface area (Å²) >= 11 is 7.32. The van der Waals surface area contributed by atoms with Gasteiger partial charge >= 0.3 is 5.97 Å². The summed E-state index contributed by atoms with van der Waals surface area (Å²) in [5, 5.41) is 9.67. The normalized spacial score (nSPS) is 12.6. The Labute approximate surface area is 113 Å². The van der Waals surface area contributed by atoms with Gasteiger partial charge in [0.2, 0.25) is 0 Å². The highest BCUT2D eigenvalue weighted by molar-refractivity contribution is 7.17. The lowest BCUT2D eigenvalue weighted by molar-refractivity contribution is 0.0702. The highest BCUT2D eigenvalue weighted by Gasteiger charge is 2.24. The number of halogens is 1. The number of ether oxygens (including phenoxy) is 1. The quantitative estimate of drug-likeness (QED) is 0.860. The predicted octanol–water partition coefficient (Wildman–Crippen LogP) is 3.97. The minimum absolute atomic E-state index is 0.328. The summed E-state index contributed by atoms with van der Waals surface area (Å²) in [5.41, 5.74) is 2.76. The Hall–Kier alpha value is -1.52. The molecule has 1 aromatic heterocycles. The summed E-state index contributed by atoms with van der Waals surface area (Å²) in [7, 11) is 0. The van der Waals surface area contributed by atoms with E-state index in [0.717, 1.165) is 27.3 Å². The number of aryl methyl sites for hydroxylation is 1. The fourth-order valence-electron chi connectivity index (χ4n) is 2.11. The largest absolute Gasteiger partial charge is 0.488 e. The van der Waals surface area contributed by atoms with Crippen molar-refractivity contribution >= 4 is 28.9 Å². The van der Waals surface area contributed by atoms with Gasteiger partial charge in [0.1, 0.15) is 17.2 Å². The maximum atomic E-state index is 11.0. The van der Waals surface area contributed by atoms with E-state index in [-0.39, 0.29) is 0 Å². The van der Waals surface area contributed by atoms with Crippen LogP contribution >= 0.6 is 22.9 Å². The SMILES string of the molecule is Cc1cc(Cl)cc2c1OCc1cc(C(=O)O)sc1-2. The van der Waals surface area contributed by atoms with Gasteiger partial charge < -0.3 is 9.84 Å². The summed E-state index contributed by atoms with van der Waals surface area (Å²) in [6.07, 6.45) is 0. The lowest BCUT2D eigenvalue weighted by Crippen LogP contribution is -2.04. The summed E-state index contributed by atoms with van der Waals surface area (Å²) in [6.45, 7) is 2.34. The Morgan fingerprint density at radius 2 is 2.22 bits per heavy atom. The van der Waals surface area contributed by atoms with E-state index in [1.165, 1.54) is 11.3 Å². The smallest absolute Gasteiger partial charge is 0.345 e. The van der Waals surface area contributed by atoms with Gasteiger partial charge in [0.05, 0.1) is 0 Å². The molecule has 0 amide bonds. The van der Waals surface area contributed by atoms with Gasteiger partial charge in [-0.05, 0) is 30.7 Å². The molecule has 1 aliphatic rings. The molecule has 0 atom stereocenters. The van der Waals surface area contributed by atoms with Crippen LogP contribution in [0.4, 0.5) is 0 Å².